The minimum absolute atomic E-state index is 0.668. The van der Waals surface area contributed by atoms with Crippen molar-refractivity contribution >= 4 is 75.7 Å². The zero-order valence-electron chi connectivity index (χ0n) is 30.9. The minimum atomic E-state index is 0.668. The first kappa shape index (κ1) is 31.6. The largest absolute Gasteiger partial charge is 0.309 e. The van der Waals surface area contributed by atoms with Crippen molar-refractivity contribution in [3.05, 3.63) is 200 Å². The molecule has 0 amide bonds. The molecule has 1 aromatic heterocycles. The number of fused-ring (bicyclic) bond motifs is 6. The second kappa shape index (κ2) is 12.1. The number of hydrogen-bond donors (Lipinski definition) is 0. The molecular formula is C55H32N2. The lowest BCUT2D eigenvalue weighted by atomic mass is 9.87. The van der Waals surface area contributed by atoms with E-state index in [2.05, 4.69) is 187 Å². The lowest BCUT2D eigenvalue weighted by Gasteiger charge is -2.16. The maximum atomic E-state index is 9.92. The molecule has 12 rings (SSSR count). The Morgan fingerprint density at radius 3 is 1.53 bits per heavy atom. The van der Waals surface area contributed by atoms with Gasteiger partial charge in [-0.05, 0) is 142 Å². The Balaban J connectivity index is 1.03. The van der Waals surface area contributed by atoms with Gasteiger partial charge >= 0.3 is 0 Å². The molecule has 0 saturated heterocycles. The second-order valence-corrected chi connectivity index (χ2v) is 15.2. The molecule has 0 radical (unpaired) electrons. The van der Waals surface area contributed by atoms with Crippen LogP contribution in [0.2, 0.25) is 0 Å². The first-order chi connectivity index (χ1) is 28.2. The molecule has 0 spiro atoms. The summed E-state index contributed by atoms with van der Waals surface area (Å²) in [5.74, 6) is 0. The Hall–Kier alpha value is -7.73. The highest BCUT2D eigenvalue weighted by atomic mass is 15.0. The standard InChI is InChI=1S/C55H32N2/c56-33-34-26-40-24-25-41-29-42(30-53-55(41)54(40)52(27-34)57(53)43-12-2-1-3-13-43)36-18-21-37(22-19-36)48-31-50-47-17-9-7-15-45(47)49(32-51(50)46-16-8-6-14-44(46)48)39-23-20-35-10-4-5-11-38(35)28-39/h1-32H. The molecule has 57 heavy (non-hydrogen) atoms. The molecule has 0 fully saturated rings. The van der Waals surface area contributed by atoms with E-state index in [-0.39, 0.29) is 0 Å². The summed E-state index contributed by atoms with van der Waals surface area (Å²) in [6, 6.07) is 73.0. The maximum absolute atomic E-state index is 9.92. The highest BCUT2D eigenvalue weighted by Gasteiger charge is 2.20. The molecule has 0 aliphatic carbocycles. The van der Waals surface area contributed by atoms with E-state index in [1.54, 1.807) is 0 Å². The minimum Gasteiger partial charge on any atom is -0.309 e. The molecule has 0 aliphatic heterocycles. The molecule has 1 heterocycles. The van der Waals surface area contributed by atoms with Crippen LogP contribution >= 0.6 is 0 Å². The molecule has 2 heteroatoms. The fourth-order valence-corrected chi connectivity index (χ4v) is 9.48. The highest BCUT2D eigenvalue weighted by molar-refractivity contribution is 6.26. The van der Waals surface area contributed by atoms with E-state index in [0.29, 0.717) is 5.56 Å². The van der Waals surface area contributed by atoms with E-state index < -0.39 is 0 Å². The third-order valence-corrected chi connectivity index (χ3v) is 12.1. The first-order valence-corrected chi connectivity index (χ1v) is 19.5. The summed E-state index contributed by atoms with van der Waals surface area (Å²) >= 11 is 0. The molecule has 262 valence electrons. The summed E-state index contributed by atoms with van der Waals surface area (Å²) in [5.41, 5.74) is 11.2. The number of nitriles is 1. The van der Waals surface area contributed by atoms with Gasteiger partial charge in [0.05, 0.1) is 22.7 Å². The number of aromatic nitrogens is 1. The van der Waals surface area contributed by atoms with Gasteiger partial charge in [0.25, 0.3) is 0 Å². The Morgan fingerprint density at radius 1 is 0.333 bits per heavy atom. The average molecular weight is 721 g/mol. The van der Waals surface area contributed by atoms with Crippen LogP contribution in [0.25, 0.3) is 115 Å². The monoisotopic (exact) mass is 720 g/mol. The fraction of sp³-hybridized carbons (Fsp3) is 0. The van der Waals surface area contributed by atoms with Gasteiger partial charge in [0.15, 0.2) is 0 Å². The summed E-state index contributed by atoms with van der Waals surface area (Å²) in [4.78, 5) is 0. The second-order valence-electron chi connectivity index (χ2n) is 15.2. The topological polar surface area (TPSA) is 28.7 Å². The summed E-state index contributed by atoms with van der Waals surface area (Å²) in [6.45, 7) is 0. The van der Waals surface area contributed by atoms with E-state index in [9.17, 15) is 5.26 Å². The third-order valence-electron chi connectivity index (χ3n) is 12.1. The lowest BCUT2D eigenvalue weighted by molar-refractivity contribution is 1.18. The number of hydrogen-bond acceptors (Lipinski definition) is 1. The van der Waals surface area contributed by atoms with Crippen molar-refractivity contribution in [2.24, 2.45) is 0 Å². The zero-order valence-corrected chi connectivity index (χ0v) is 30.9. The summed E-state index contributed by atoms with van der Waals surface area (Å²) in [7, 11) is 0. The SMILES string of the molecule is N#Cc1cc2ccc3cc(-c4ccc(-c5cc6c7ccccc7c(-c7ccc8ccccc8c7)cc6c6ccccc56)cc4)cc4c3c2c(c1)n4-c1ccccc1. The molecule has 0 N–H and O–H groups in total. The van der Waals surface area contributed by atoms with Gasteiger partial charge in [-0.15, -0.1) is 0 Å². The Bertz CT molecular complexity index is 3620. The van der Waals surface area contributed by atoms with Gasteiger partial charge in [-0.25, -0.2) is 0 Å². The van der Waals surface area contributed by atoms with Crippen molar-refractivity contribution in [2.75, 3.05) is 0 Å². The van der Waals surface area contributed by atoms with Crippen LogP contribution < -0.4 is 0 Å². The summed E-state index contributed by atoms with van der Waals surface area (Å²) in [5, 5.41) is 24.7. The molecule has 0 saturated carbocycles. The summed E-state index contributed by atoms with van der Waals surface area (Å²) < 4.78 is 2.32. The van der Waals surface area contributed by atoms with Crippen LogP contribution in [0.15, 0.2) is 194 Å². The van der Waals surface area contributed by atoms with Crippen molar-refractivity contribution in [3.8, 4) is 45.1 Å². The van der Waals surface area contributed by atoms with Crippen LogP contribution in [0.4, 0.5) is 0 Å². The third kappa shape index (κ3) is 4.76. The quantitative estimate of drug-likeness (QED) is 0.166. The maximum Gasteiger partial charge on any atom is 0.0992 e. The van der Waals surface area contributed by atoms with Crippen LogP contribution in [0, 0.1) is 11.3 Å². The van der Waals surface area contributed by atoms with E-state index in [0.717, 1.165) is 33.2 Å². The smallest absolute Gasteiger partial charge is 0.0992 e. The van der Waals surface area contributed by atoms with Gasteiger partial charge in [0.1, 0.15) is 0 Å². The van der Waals surface area contributed by atoms with Gasteiger partial charge in [-0.3, -0.25) is 0 Å². The molecule has 11 aromatic carbocycles. The molecule has 0 bridgehead atoms. The van der Waals surface area contributed by atoms with Gasteiger partial charge in [-0.2, -0.15) is 5.26 Å². The fourth-order valence-electron chi connectivity index (χ4n) is 9.48. The number of para-hydroxylation sites is 1. The van der Waals surface area contributed by atoms with Crippen molar-refractivity contribution in [1.82, 2.24) is 4.57 Å². The first-order valence-electron chi connectivity index (χ1n) is 19.5. The Morgan fingerprint density at radius 2 is 0.842 bits per heavy atom. The van der Waals surface area contributed by atoms with E-state index in [1.807, 2.05) is 18.2 Å². The van der Waals surface area contributed by atoms with Crippen LogP contribution in [0.3, 0.4) is 0 Å². The van der Waals surface area contributed by atoms with Crippen molar-refractivity contribution in [2.45, 2.75) is 0 Å². The van der Waals surface area contributed by atoms with Gasteiger partial charge < -0.3 is 4.57 Å². The van der Waals surface area contributed by atoms with E-state index in [1.165, 1.54) is 81.5 Å². The predicted molar refractivity (Wildman–Crippen MR) is 241 cm³/mol. The van der Waals surface area contributed by atoms with Crippen molar-refractivity contribution < 1.29 is 0 Å². The van der Waals surface area contributed by atoms with Crippen LogP contribution in [-0.4, -0.2) is 4.57 Å². The number of benzene rings is 11. The lowest BCUT2D eigenvalue weighted by Crippen LogP contribution is -1.94. The van der Waals surface area contributed by atoms with Crippen molar-refractivity contribution in [1.29, 1.82) is 5.26 Å². The normalized spacial score (nSPS) is 11.8. The summed E-state index contributed by atoms with van der Waals surface area (Å²) in [6.07, 6.45) is 0. The molecule has 0 aliphatic rings. The molecule has 2 nitrogen and oxygen atoms in total. The average Bonchev–Trinajstić information content (AvgIpc) is 3.62. The molecular weight excluding hydrogens is 689 g/mol. The van der Waals surface area contributed by atoms with Crippen LogP contribution in [-0.2, 0) is 0 Å². The Labute approximate surface area is 329 Å². The van der Waals surface area contributed by atoms with Gasteiger partial charge in [0, 0.05) is 16.5 Å². The number of rotatable bonds is 4. The Kier molecular flexibility index (Phi) is 6.73. The van der Waals surface area contributed by atoms with Gasteiger partial charge in [-0.1, -0.05) is 140 Å². The molecule has 0 atom stereocenters. The van der Waals surface area contributed by atoms with E-state index in [4.69, 9.17) is 0 Å². The predicted octanol–water partition coefficient (Wildman–Crippen LogP) is 14.9. The molecule has 12 aromatic rings. The molecule has 0 unspecified atom stereocenters. The zero-order chi connectivity index (χ0) is 37.6. The van der Waals surface area contributed by atoms with Gasteiger partial charge in [0.2, 0.25) is 0 Å². The van der Waals surface area contributed by atoms with Crippen LogP contribution in [0.1, 0.15) is 5.56 Å². The number of nitrogens with zero attached hydrogens (tertiary/aromatic N) is 2. The van der Waals surface area contributed by atoms with Crippen molar-refractivity contribution in [3.63, 3.8) is 0 Å². The van der Waals surface area contributed by atoms with E-state index >= 15 is 0 Å². The highest BCUT2D eigenvalue weighted by Crippen LogP contribution is 2.44. The van der Waals surface area contributed by atoms with Crippen LogP contribution in [0.5, 0.6) is 0 Å².